The maximum absolute atomic E-state index is 5.86. The topological polar surface area (TPSA) is 66.0 Å². The van der Waals surface area contributed by atoms with Gasteiger partial charge in [0.05, 0.1) is 5.69 Å². The first kappa shape index (κ1) is 13.6. The molecule has 0 saturated carbocycles. The van der Waals surface area contributed by atoms with Crippen molar-refractivity contribution >= 4 is 32.7 Å². The van der Waals surface area contributed by atoms with Gasteiger partial charge in [0.2, 0.25) is 0 Å². The van der Waals surface area contributed by atoms with Gasteiger partial charge in [-0.05, 0) is 40.2 Å². The van der Waals surface area contributed by atoms with Gasteiger partial charge in [-0.1, -0.05) is 18.7 Å². The van der Waals surface area contributed by atoms with Crippen LogP contribution in [-0.4, -0.2) is 21.6 Å². The van der Waals surface area contributed by atoms with Crippen LogP contribution >= 0.6 is 15.9 Å². The van der Waals surface area contributed by atoms with Crippen LogP contribution < -0.4 is 10.5 Å². The molecule has 106 valence electrons. The fourth-order valence-corrected chi connectivity index (χ4v) is 2.25. The zero-order chi connectivity index (χ0) is 14.8. The number of nitrogens with zero attached hydrogens (tertiary/aromatic N) is 3. The van der Waals surface area contributed by atoms with E-state index in [1.54, 1.807) is 16.9 Å². The van der Waals surface area contributed by atoms with E-state index in [2.05, 4.69) is 32.7 Å². The van der Waals surface area contributed by atoms with Crippen molar-refractivity contribution in [2.75, 3.05) is 12.3 Å². The number of nitrogen functional groups attached to an aromatic ring is 1. The second kappa shape index (κ2) is 5.57. The van der Waals surface area contributed by atoms with Gasteiger partial charge in [0, 0.05) is 16.2 Å². The molecule has 2 aromatic carbocycles. The minimum absolute atomic E-state index is 0.460. The highest BCUT2D eigenvalue weighted by atomic mass is 79.9. The van der Waals surface area contributed by atoms with E-state index in [0.717, 1.165) is 26.9 Å². The number of rotatable bonds is 4. The average molecular weight is 345 g/mol. The Morgan fingerprint density at radius 2 is 2.00 bits per heavy atom. The molecule has 0 aliphatic heterocycles. The molecular weight excluding hydrogens is 332 g/mol. The lowest BCUT2D eigenvalue weighted by molar-refractivity contribution is 0.363. The SMILES string of the molecule is C=CCOc1cccc(-n2nc3cc(N)c(Br)cc3n2)c1. The number of halogens is 1. The van der Waals surface area contributed by atoms with E-state index in [1.165, 1.54) is 0 Å². The average Bonchev–Trinajstić information content (AvgIpc) is 2.89. The van der Waals surface area contributed by atoms with Crippen LogP contribution in [0.4, 0.5) is 5.69 Å². The van der Waals surface area contributed by atoms with Gasteiger partial charge in [-0.25, -0.2) is 0 Å². The molecule has 1 aromatic heterocycles. The van der Waals surface area contributed by atoms with Crippen LogP contribution in [0.3, 0.4) is 0 Å². The molecule has 6 heteroatoms. The number of hydrogen-bond acceptors (Lipinski definition) is 4. The Bertz CT molecular complexity index is 774. The number of ether oxygens (including phenoxy) is 1. The first-order chi connectivity index (χ1) is 10.2. The summed E-state index contributed by atoms with van der Waals surface area (Å²) in [4.78, 5) is 1.57. The summed E-state index contributed by atoms with van der Waals surface area (Å²) in [6.07, 6.45) is 1.70. The van der Waals surface area contributed by atoms with Crippen molar-refractivity contribution in [2.24, 2.45) is 0 Å². The van der Waals surface area contributed by atoms with Gasteiger partial charge in [0.1, 0.15) is 23.4 Å². The molecule has 0 spiro atoms. The molecular formula is C15H13BrN4O. The highest BCUT2D eigenvalue weighted by Crippen LogP contribution is 2.25. The van der Waals surface area contributed by atoms with E-state index in [9.17, 15) is 0 Å². The Hall–Kier alpha value is -2.34. The molecule has 5 nitrogen and oxygen atoms in total. The van der Waals surface area contributed by atoms with Crippen LogP contribution in [0.5, 0.6) is 5.75 Å². The van der Waals surface area contributed by atoms with E-state index >= 15 is 0 Å². The highest BCUT2D eigenvalue weighted by Gasteiger charge is 2.08. The van der Waals surface area contributed by atoms with Gasteiger partial charge >= 0.3 is 0 Å². The third-order valence-corrected chi connectivity index (χ3v) is 3.60. The Labute approximate surface area is 130 Å². The Morgan fingerprint density at radius 3 is 2.76 bits per heavy atom. The predicted octanol–water partition coefficient (Wildman–Crippen LogP) is 3.33. The number of anilines is 1. The summed E-state index contributed by atoms with van der Waals surface area (Å²) < 4.78 is 6.33. The molecule has 1 heterocycles. The monoisotopic (exact) mass is 344 g/mol. The summed E-state index contributed by atoms with van der Waals surface area (Å²) in [5, 5.41) is 8.89. The lowest BCUT2D eigenvalue weighted by Gasteiger charge is -2.05. The first-order valence-corrected chi connectivity index (χ1v) is 7.13. The van der Waals surface area contributed by atoms with E-state index < -0.39 is 0 Å². The van der Waals surface area contributed by atoms with Crippen molar-refractivity contribution in [3.63, 3.8) is 0 Å². The van der Waals surface area contributed by atoms with Crippen LogP contribution in [-0.2, 0) is 0 Å². The fraction of sp³-hybridized carbons (Fsp3) is 0.0667. The second-order valence-corrected chi connectivity index (χ2v) is 5.30. The molecule has 0 unspecified atom stereocenters. The van der Waals surface area contributed by atoms with Gasteiger partial charge in [-0.3, -0.25) is 0 Å². The second-order valence-electron chi connectivity index (χ2n) is 4.45. The lowest BCUT2D eigenvalue weighted by atomic mass is 10.3. The molecule has 21 heavy (non-hydrogen) atoms. The summed E-state index contributed by atoms with van der Waals surface area (Å²) in [6, 6.07) is 11.2. The van der Waals surface area contributed by atoms with E-state index in [4.69, 9.17) is 10.5 Å². The zero-order valence-corrected chi connectivity index (χ0v) is 12.7. The molecule has 0 bridgehead atoms. The Balaban J connectivity index is 2.01. The standard InChI is InChI=1S/C15H13BrN4O/c1-2-6-21-11-5-3-4-10(7-11)20-18-14-8-12(16)13(17)9-15(14)19-20/h2-5,7-9H,1,6,17H2. The van der Waals surface area contributed by atoms with Crippen LogP contribution in [0.15, 0.2) is 53.5 Å². The van der Waals surface area contributed by atoms with Gasteiger partial charge in [0.15, 0.2) is 0 Å². The summed E-state index contributed by atoms with van der Waals surface area (Å²) in [5.74, 6) is 0.745. The Morgan fingerprint density at radius 1 is 1.24 bits per heavy atom. The molecule has 0 aliphatic rings. The molecule has 2 N–H and O–H groups in total. The number of nitrogens with two attached hydrogens (primary N) is 1. The number of benzene rings is 2. The quantitative estimate of drug-likeness (QED) is 0.582. The third-order valence-electron chi connectivity index (χ3n) is 2.92. The lowest BCUT2D eigenvalue weighted by Crippen LogP contribution is -1.99. The fourth-order valence-electron chi connectivity index (χ4n) is 1.92. The summed E-state index contributed by atoms with van der Waals surface area (Å²) in [7, 11) is 0. The van der Waals surface area contributed by atoms with Crippen molar-refractivity contribution in [2.45, 2.75) is 0 Å². The van der Waals surface area contributed by atoms with Crippen molar-refractivity contribution in [1.82, 2.24) is 15.0 Å². The molecule has 3 aromatic rings. The van der Waals surface area contributed by atoms with Crippen LogP contribution in [0, 0.1) is 0 Å². The van der Waals surface area contributed by atoms with Crippen LogP contribution in [0.1, 0.15) is 0 Å². The molecule has 0 atom stereocenters. The van der Waals surface area contributed by atoms with E-state index in [0.29, 0.717) is 12.3 Å². The molecule has 0 amide bonds. The van der Waals surface area contributed by atoms with Crippen molar-refractivity contribution < 1.29 is 4.74 Å². The minimum atomic E-state index is 0.460. The third kappa shape index (κ3) is 2.75. The maximum Gasteiger partial charge on any atom is 0.121 e. The van der Waals surface area contributed by atoms with Gasteiger partial charge in [-0.15, -0.1) is 10.2 Å². The first-order valence-electron chi connectivity index (χ1n) is 6.33. The molecule has 0 radical (unpaired) electrons. The molecule has 3 rings (SSSR count). The van der Waals surface area contributed by atoms with Gasteiger partial charge < -0.3 is 10.5 Å². The largest absolute Gasteiger partial charge is 0.489 e. The smallest absolute Gasteiger partial charge is 0.121 e. The zero-order valence-electron chi connectivity index (χ0n) is 11.2. The molecule has 0 saturated heterocycles. The minimum Gasteiger partial charge on any atom is -0.489 e. The van der Waals surface area contributed by atoms with E-state index in [-0.39, 0.29) is 0 Å². The Kier molecular flexibility index (Phi) is 3.62. The van der Waals surface area contributed by atoms with Crippen LogP contribution in [0.2, 0.25) is 0 Å². The highest BCUT2D eigenvalue weighted by molar-refractivity contribution is 9.10. The number of fused-ring (bicyclic) bond motifs is 1. The summed E-state index contributed by atoms with van der Waals surface area (Å²) >= 11 is 3.39. The van der Waals surface area contributed by atoms with E-state index in [1.807, 2.05) is 30.3 Å². The number of hydrogen-bond donors (Lipinski definition) is 1. The summed E-state index contributed by atoms with van der Waals surface area (Å²) in [6.45, 7) is 4.09. The van der Waals surface area contributed by atoms with Gasteiger partial charge in [-0.2, -0.15) is 4.80 Å². The molecule has 0 aliphatic carbocycles. The predicted molar refractivity (Wildman–Crippen MR) is 86.7 cm³/mol. The van der Waals surface area contributed by atoms with Crippen molar-refractivity contribution in [3.8, 4) is 11.4 Å². The summed E-state index contributed by atoms with van der Waals surface area (Å²) in [5.41, 5.74) is 8.83. The number of aromatic nitrogens is 3. The van der Waals surface area contributed by atoms with Crippen LogP contribution in [0.25, 0.3) is 16.7 Å². The van der Waals surface area contributed by atoms with Gasteiger partial charge in [0.25, 0.3) is 0 Å². The van der Waals surface area contributed by atoms with Crippen molar-refractivity contribution in [1.29, 1.82) is 0 Å². The van der Waals surface area contributed by atoms with Crippen molar-refractivity contribution in [3.05, 3.63) is 53.5 Å². The molecule has 0 fully saturated rings. The maximum atomic E-state index is 5.86. The normalized spacial score (nSPS) is 10.7.